The van der Waals surface area contributed by atoms with Gasteiger partial charge in [0.25, 0.3) is 5.91 Å². The lowest BCUT2D eigenvalue weighted by atomic mass is 10.1. The van der Waals surface area contributed by atoms with Crippen molar-refractivity contribution >= 4 is 23.2 Å². The molecule has 0 bridgehead atoms. The van der Waals surface area contributed by atoms with Crippen LogP contribution in [-0.4, -0.2) is 50.0 Å². The van der Waals surface area contributed by atoms with Gasteiger partial charge >= 0.3 is 0 Å². The van der Waals surface area contributed by atoms with Crippen molar-refractivity contribution < 1.29 is 14.3 Å². The molecule has 0 aliphatic carbocycles. The zero-order chi connectivity index (χ0) is 21.9. The molecule has 6 heteroatoms. The van der Waals surface area contributed by atoms with E-state index < -0.39 is 0 Å². The van der Waals surface area contributed by atoms with Gasteiger partial charge in [0.1, 0.15) is 12.3 Å². The first kappa shape index (κ1) is 23.3. The predicted molar refractivity (Wildman–Crippen MR) is 122 cm³/mol. The molecule has 0 atom stereocenters. The predicted octanol–water partition coefficient (Wildman–Crippen LogP) is 4.42. The quantitative estimate of drug-likeness (QED) is 0.594. The van der Waals surface area contributed by atoms with E-state index in [1.54, 1.807) is 24.1 Å². The monoisotopic (exact) mass is 411 g/mol. The van der Waals surface area contributed by atoms with Crippen molar-refractivity contribution in [3.63, 3.8) is 0 Å². The summed E-state index contributed by atoms with van der Waals surface area (Å²) in [5.74, 6) is 0.192. The van der Waals surface area contributed by atoms with Crippen LogP contribution in [0.2, 0.25) is 0 Å². The summed E-state index contributed by atoms with van der Waals surface area (Å²) >= 11 is 0. The Kier molecular flexibility index (Phi) is 9.19. The first-order valence-corrected chi connectivity index (χ1v) is 10.6. The number of methoxy groups -OCH3 is 1. The Morgan fingerprint density at radius 3 is 2.20 bits per heavy atom. The third-order valence-electron chi connectivity index (χ3n) is 4.85. The zero-order valence-corrected chi connectivity index (χ0v) is 18.5. The van der Waals surface area contributed by atoms with E-state index in [-0.39, 0.29) is 18.4 Å². The second kappa shape index (κ2) is 11.9. The van der Waals surface area contributed by atoms with Crippen molar-refractivity contribution in [2.75, 3.05) is 43.5 Å². The summed E-state index contributed by atoms with van der Waals surface area (Å²) in [6, 6.07) is 14.9. The van der Waals surface area contributed by atoms with Crippen LogP contribution < -0.4 is 15.0 Å². The van der Waals surface area contributed by atoms with Gasteiger partial charge in [-0.15, -0.1) is 0 Å². The van der Waals surface area contributed by atoms with E-state index in [0.717, 1.165) is 31.6 Å². The largest absolute Gasteiger partial charge is 0.495 e. The summed E-state index contributed by atoms with van der Waals surface area (Å²) in [5, 5.41) is 2.84. The van der Waals surface area contributed by atoms with Gasteiger partial charge < -0.3 is 19.9 Å². The Balaban J connectivity index is 2.09. The molecule has 0 spiro atoms. The lowest BCUT2D eigenvalue weighted by molar-refractivity contribution is -0.116. The van der Waals surface area contributed by atoms with Crippen molar-refractivity contribution in [2.24, 2.45) is 0 Å². The van der Waals surface area contributed by atoms with E-state index in [4.69, 9.17) is 4.74 Å². The molecule has 2 rings (SSSR count). The zero-order valence-electron chi connectivity index (χ0n) is 18.5. The number of benzene rings is 2. The third-order valence-corrected chi connectivity index (χ3v) is 4.85. The number of nitrogens with zero attached hydrogens (tertiary/aromatic N) is 2. The molecule has 0 fully saturated rings. The highest BCUT2D eigenvalue weighted by atomic mass is 16.5. The lowest BCUT2D eigenvalue weighted by Gasteiger charge is -2.24. The molecular weight excluding hydrogens is 378 g/mol. The fourth-order valence-electron chi connectivity index (χ4n) is 3.37. The van der Waals surface area contributed by atoms with Gasteiger partial charge in [0.05, 0.1) is 12.8 Å². The van der Waals surface area contributed by atoms with Crippen LogP contribution in [0.5, 0.6) is 5.75 Å². The lowest BCUT2D eigenvalue weighted by Crippen LogP contribution is -2.38. The summed E-state index contributed by atoms with van der Waals surface area (Å²) in [4.78, 5) is 29.5. The first-order chi connectivity index (χ1) is 14.5. The number of hydrogen-bond donors (Lipinski definition) is 1. The Labute approximate surface area is 179 Å². The van der Waals surface area contributed by atoms with E-state index >= 15 is 0 Å². The van der Waals surface area contributed by atoms with Gasteiger partial charge in [-0.2, -0.15) is 0 Å². The van der Waals surface area contributed by atoms with Gasteiger partial charge in [0.15, 0.2) is 0 Å². The standard InChI is InChI=1S/C24H33N3O3/c1-5-16-26(7-3)20-14-12-19(13-15-20)24(29)27(17-6-2)18-23(28)25-21-10-8-9-11-22(21)30-4/h8-15H,5-7,16-18H2,1-4H3,(H,25,28). The highest BCUT2D eigenvalue weighted by molar-refractivity contribution is 6.00. The Bertz CT molecular complexity index is 821. The molecule has 2 aromatic rings. The third kappa shape index (κ3) is 6.24. The number of nitrogens with one attached hydrogen (secondary N) is 1. The molecule has 0 aromatic heterocycles. The molecule has 30 heavy (non-hydrogen) atoms. The summed E-state index contributed by atoms with van der Waals surface area (Å²) in [7, 11) is 1.56. The Morgan fingerprint density at radius 2 is 1.60 bits per heavy atom. The minimum Gasteiger partial charge on any atom is -0.495 e. The molecule has 0 aliphatic heterocycles. The molecule has 6 nitrogen and oxygen atoms in total. The van der Waals surface area contributed by atoms with Crippen LogP contribution >= 0.6 is 0 Å². The van der Waals surface area contributed by atoms with Gasteiger partial charge in [-0.25, -0.2) is 0 Å². The molecule has 0 heterocycles. The van der Waals surface area contributed by atoms with Gasteiger partial charge in [0, 0.05) is 30.9 Å². The molecule has 0 aliphatic rings. The van der Waals surface area contributed by atoms with Crippen LogP contribution in [0, 0.1) is 0 Å². The summed E-state index contributed by atoms with van der Waals surface area (Å²) in [5.41, 5.74) is 2.28. The van der Waals surface area contributed by atoms with Crippen LogP contribution in [0.15, 0.2) is 48.5 Å². The van der Waals surface area contributed by atoms with Crippen molar-refractivity contribution in [1.29, 1.82) is 0 Å². The van der Waals surface area contributed by atoms with E-state index in [9.17, 15) is 9.59 Å². The second-order valence-electron chi connectivity index (χ2n) is 7.10. The number of anilines is 2. The fourth-order valence-corrected chi connectivity index (χ4v) is 3.37. The summed E-state index contributed by atoms with van der Waals surface area (Å²) in [6.45, 7) is 8.67. The molecule has 0 saturated heterocycles. The van der Waals surface area contributed by atoms with Crippen LogP contribution in [-0.2, 0) is 4.79 Å². The molecule has 162 valence electrons. The van der Waals surface area contributed by atoms with Crippen molar-refractivity contribution in [1.82, 2.24) is 4.90 Å². The average molecular weight is 412 g/mol. The Hall–Kier alpha value is -3.02. The fraction of sp³-hybridized carbons (Fsp3) is 0.417. The number of hydrogen-bond acceptors (Lipinski definition) is 4. The normalized spacial score (nSPS) is 10.4. The molecule has 0 radical (unpaired) electrons. The van der Waals surface area contributed by atoms with Crippen LogP contribution in [0.3, 0.4) is 0 Å². The highest BCUT2D eigenvalue weighted by Crippen LogP contribution is 2.23. The maximum Gasteiger partial charge on any atom is 0.254 e. The molecule has 0 saturated carbocycles. The average Bonchev–Trinajstić information content (AvgIpc) is 2.77. The van der Waals surface area contributed by atoms with E-state index in [2.05, 4.69) is 24.1 Å². The van der Waals surface area contributed by atoms with Crippen LogP contribution in [0.1, 0.15) is 44.0 Å². The summed E-state index contributed by atoms with van der Waals surface area (Å²) < 4.78 is 5.27. The van der Waals surface area contributed by atoms with Gasteiger partial charge in [-0.1, -0.05) is 26.0 Å². The van der Waals surface area contributed by atoms with Crippen LogP contribution in [0.4, 0.5) is 11.4 Å². The van der Waals surface area contributed by atoms with Crippen molar-refractivity contribution in [3.05, 3.63) is 54.1 Å². The maximum absolute atomic E-state index is 13.0. The highest BCUT2D eigenvalue weighted by Gasteiger charge is 2.19. The maximum atomic E-state index is 13.0. The first-order valence-electron chi connectivity index (χ1n) is 10.6. The minimum atomic E-state index is -0.252. The van der Waals surface area contributed by atoms with Gasteiger partial charge in [0.2, 0.25) is 5.91 Å². The van der Waals surface area contributed by atoms with E-state index in [0.29, 0.717) is 23.5 Å². The number of ether oxygens (including phenoxy) is 1. The topological polar surface area (TPSA) is 61.9 Å². The van der Waals surface area contributed by atoms with Crippen molar-refractivity contribution in [3.8, 4) is 5.75 Å². The number of carbonyl (C=O) groups is 2. The van der Waals surface area contributed by atoms with Crippen LogP contribution in [0.25, 0.3) is 0 Å². The molecular formula is C24H33N3O3. The number of amides is 2. The van der Waals surface area contributed by atoms with Crippen molar-refractivity contribution in [2.45, 2.75) is 33.6 Å². The van der Waals surface area contributed by atoms with Gasteiger partial charge in [-0.3, -0.25) is 9.59 Å². The molecule has 1 N–H and O–H groups in total. The second-order valence-corrected chi connectivity index (χ2v) is 7.10. The molecule has 2 aromatic carbocycles. The number of carbonyl (C=O) groups excluding carboxylic acids is 2. The molecule has 2 amide bonds. The van der Waals surface area contributed by atoms with E-state index in [1.807, 2.05) is 43.3 Å². The Morgan fingerprint density at radius 1 is 0.933 bits per heavy atom. The summed E-state index contributed by atoms with van der Waals surface area (Å²) in [6.07, 6.45) is 1.84. The minimum absolute atomic E-state index is 0.0105. The van der Waals surface area contributed by atoms with E-state index in [1.165, 1.54) is 0 Å². The number of para-hydroxylation sites is 2. The SMILES string of the molecule is CCCN(CC(=O)Nc1ccccc1OC)C(=O)c1ccc(N(CC)CCC)cc1. The molecule has 0 unspecified atom stereocenters. The smallest absolute Gasteiger partial charge is 0.254 e. The number of rotatable bonds is 11. The van der Waals surface area contributed by atoms with Gasteiger partial charge in [-0.05, 0) is 56.2 Å².